The third-order valence-corrected chi connectivity index (χ3v) is 5.46. The zero-order valence-corrected chi connectivity index (χ0v) is 15.6. The molecule has 1 aromatic carbocycles. The molecule has 4 rings (SSSR count). The second-order valence-corrected chi connectivity index (χ2v) is 7.36. The van der Waals surface area contributed by atoms with Crippen LogP contribution in [0.25, 0.3) is 0 Å². The summed E-state index contributed by atoms with van der Waals surface area (Å²) in [6.45, 7) is 7.40. The maximum absolute atomic E-state index is 4.89. The van der Waals surface area contributed by atoms with E-state index in [4.69, 9.17) is 4.98 Å². The molecule has 0 aliphatic carbocycles. The molecular weight excluding hydrogens is 322 g/mol. The highest BCUT2D eigenvalue weighted by Gasteiger charge is 2.20. The summed E-state index contributed by atoms with van der Waals surface area (Å²) in [4.78, 5) is 16.7. The normalized spacial score (nSPS) is 19.4. The molecule has 0 spiro atoms. The van der Waals surface area contributed by atoms with E-state index in [0.29, 0.717) is 0 Å². The van der Waals surface area contributed by atoms with Gasteiger partial charge in [0.1, 0.15) is 5.82 Å². The molecule has 0 atom stereocenters. The van der Waals surface area contributed by atoms with Crippen LogP contribution in [0.3, 0.4) is 0 Å². The Kier molecular flexibility index (Phi) is 5.65. The topological polar surface area (TPSA) is 35.5 Å². The first kappa shape index (κ1) is 17.3. The molecule has 0 amide bonds. The lowest BCUT2D eigenvalue weighted by Gasteiger charge is -2.35. The van der Waals surface area contributed by atoms with Crippen LogP contribution in [0.1, 0.15) is 31.2 Å². The van der Waals surface area contributed by atoms with E-state index in [1.165, 1.54) is 31.2 Å². The Morgan fingerprint density at radius 2 is 1.46 bits per heavy atom. The number of benzene rings is 1. The maximum Gasteiger partial charge on any atom is 0.227 e. The van der Waals surface area contributed by atoms with Gasteiger partial charge in [0, 0.05) is 52.0 Å². The average molecular weight is 351 g/mol. The van der Waals surface area contributed by atoms with Crippen LogP contribution in [0.5, 0.6) is 0 Å². The van der Waals surface area contributed by atoms with Crippen molar-refractivity contribution in [1.82, 2.24) is 14.9 Å². The Hall–Kier alpha value is -2.14. The van der Waals surface area contributed by atoms with E-state index in [-0.39, 0.29) is 0 Å². The van der Waals surface area contributed by atoms with E-state index < -0.39 is 0 Å². The van der Waals surface area contributed by atoms with E-state index in [0.717, 1.165) is 57.6 Å². The Morgan fingerprint density at radius 3 is 2.19 bits per heavy atom. The maximum atomic E-state index is 4.89. The first-order chi connectivity index (χ1) is 12.9. The van der Waals surface area contributed by atoms with Gasteiger partial charge in [0.15, 0.2) is 0 Å². The van der Waals surface area contributed by atoms with Gasteiger partial charge in [-0.1, -0.05) is 43.2 Å². The van der Waals surface area contributed by atoms with Gasteiger partial charge in [-0.2, -0.15) is 4.98 Å². The Labute approximate surface area is 156 Å². The molecule has 0 bridgehead atoms. The van der Waals surface area contributed by atoms with Crippen molar-refractivity contribution in [2.24, 2.45) is 0 Å². The number of rotatable bonds is 4. The van der Waals surface area contributed by atoms with Crippen molar-refractivity contribution in [2.45, 2.75) is 32.2 Å². The number of piperazine rings is 1. The minimum absolute atomic E-state index is 0.895. The molecule has 2 aromatic rings. The third kappa shape index (κ3) is 4.33. The third-order valence-electron chi connectivity index (χ3n) is 5.46. The van der Waals surface area contributed by atoms with Crippen LogP contribution in [-0.4, -0.2) is 54.1 Å². The average Bonchev–Trinajstić information content (AvgIpc) is 2.99. The van der Waals surface area contributed by atoms with Crippen molar-refractivity contribution in [1.29, 1.82) is 0 Å². The molecule has 0 radical (unpaired) electrons. The van der Waals surface area contributed by atoms with E-state index >= 15 is 0 Å². The first-order valence-electron chi connectivity index (χ1n) is 9.98. The molecule has 0 unspecified atom stereocenters. The van der Waals surface area contributed by atoms with Crippen LogP contribution < -0.4 is 9.80 Å². The standard InChI is InChI=1S/C21H29N5/c1-2-7-13-25(12-6-1)20-10-11-22-21(23-20)26-16-14-24(15-17-26)18-19-8-4-3-5-9-19/h3-5,8-11H,1-2,6-7,12-18H2. The first-order valence-corrected chi connectivity index (χ1v) is 9.98. The van der Waals surface area contributed by atoms with E-state index in [1.54, 1.807) is 0 Å². The van der Waals surface area contributed by atoms with Crippen LogP contribution in [0.4, 0.5) is 11.8 Å². The fourth-order valence-electron chi connectivity index (χ4n) is 3.92. The van der Waals surface area contributed by atoms with Crippen LogP contribution in [-0.2, 0) is 6.54 Å². The van der Waals surface area contributed by atoms with Crippen molar-refractivity contribution < 1.29 is 0 Å². The Morgan fingerprint density at radius 1 is 0.731 bits per heavy atom. The summed E-state index contributed by atoms with van der Waals surface area (Å²) in [5.41, 5.74) is 1.39. The highest BCUT2D eigenvalue weighted by molar-refractivity contribution is 5.44. The van der Waals surface area contributed by atoms with Gasteiger partial charge in [0.2, 0.25) is 5.95 Å². The smallest absolute Gasteiger partial charge is 0.227 e. The second-order valence-electron chi connectivity index (χ2n) is 7.36. The summed E-state index contributed by atoms with van der Waals surface area (Å²) >= 11 is 0. The van der Waals surface area contributed by atoms with Crippen molar-refractivity contribution in [3.8, 4) is 0 Å². The van der Waals surface area contributed by atoms with Crippen LogP contribution >= 0.6 is 0 Å². The predicted octanol–water partition coefficient (Wildman–Crippen LogP) is 3.18. The molecule has 5 nitrogen and oxygen atoms in total. The van der Waals surface area contributed by atoms with Gasteiger partial charge in [0.05, 0.1) is 0 Å². The molecule has 2 aliphatic rings. The number of aromatic nitrogens is 2. The van der Waals surface area contributed by atoms with Crippen molar-refractivity contribution in [3.63, 3.8) is 0 Å². The zero-order valence-electron chi connectivity index (χ0n) is 15.6. The largest absolute Gasteiger partial charge is 0.356 e. The lowest BCUT2D eigenvalue weighted by Crippen LogP contribution is -2.46. The molecule has 2 fully saturated rings. The summed E-state index contributed by atoms with van der Waals surface area (Å²) in [6.07, 6.45) is 7.17. The zero-order chi connectivity index (χ0) is 17.6. The summed E-state index contributed by atoms with van der Waals surface area (Å²) < 4.78 is 0. The van der Waals surface area contributed by atoms with Gasteiger partial charge in [-0.05, 0) is 24.5 Å². The molecule has 5 heteroatoms. The lowest BCUT2D eigenvalue weighted by molar-refractivity contribution is 0.248. The molecular formula is C21H29N5. The minimum atomic E-state index is 0.895. The minimum Gasteiger partial charge on any atom is -0.356 e. The fraction of sp³-hybridized carbons (Fsp3) is 0.524. The highest BCUT2D eigenvalue weighted by atomic mass is 15.3. The summed E-state index contributed by atoms with van der Waals surface area (Å²) in [7, 11) is 0. The van der Waals surface area contributed by atoms with Gasteiger partial charge >= 0.3 is 0 Å². The molecule has 0 N–H and O–H groups in total. The number of hydrogen-bond donors (Lipinski definition) is 0. The van der Waals surface area contributed by atoms with Gasteiger partial charge in [-0.15, -0.1) is 0 Å². The van der Waals surface area contributed by atoms with E-state index in [1.807, 2.05) is 6.20 Å². The fourth-order valence-corrected chi connectivity index (χ4v) is 3.92. The van der Waals surface area contributed by atoms with Gasteiger partial charge < -0.3 is 9.80 Å². The molecule has 0 saturated carbocycles. The van der Waals surface area contributed by atoms with E-state index in [9.17, 15) is 0 Å². The van der Waals surface area contributed by atoms with Crippen LogP contribution in [0, 0.1) is 0 Å². The molecule has 138 valence electrons. The van der Waals surface area contributed by atoms with Crippen molar-refractivity contribution >= 4 is 11.8 Å². The van der Waals surface area contributed by atoms with Gasteiger partial charge in [-0.3, -0.25) is 4.90 Å². The van der Waals surface area contributed by atoms with Gasteiger partial charge in [0.25, 0.3) is 0 Å². The molecule has 2 saturated heterocycles. The quantitative estimate of drug-likeness (QED) is 0.845. The molecule has 3 heterocycles. The molecule has 1 aromatic heterocycles. The number of nitrogens with zero attached hydrogens (tertiary/aromatic N) is 5. The lowest BCUT2D eigenvalue weighted by atomic mass is 10.2. The Bertz CT molecular complexity index is 674. The predicted molar refractivity (Wildman–Crippen MR) is 107 cm³/mol. The van der Waals surface area contributed by atoms with Crippen LogP contribution in [0.2, 0.25) is 0 Å². The Balaban J connectivity index is 1.36. The summed E-state index contributed by atoms with van der Waals surface area (Å²) in [5.74, 6) is 2.00. The van der Waals surface area contributed by atoms with Crippen LogP contribution in [0.15, 0.2) is 42.6 Å². The monoisotopic (exact) mass is 351 g/mol. The highest BCUT2D eigenvalue weighted by Crippen LogP contribution is 2.20. The van der Waals surface area contributed by atoms with Gasteiger partial charge in [-0.25, -0.2) is 4.98 Å². The summed E-state index contributed by atoms with van der Waals surface area (Å²) in [6, 6.07) is 12.8. The SMILES string of the molecule is c1ccc(CN2CCN(c3nccc(N4CCCCCC4)n3)CC2)cc1. The molecule has 2 aliphatic heterocycles. The second kappa shape index (κ2) is 8.49. The van der Waals surface area contributed by atoms with E-state index in [2.05, 4.69) is 56.1 Å². The van der Waals surface area contributed by atoms with Crippen molar-refractivity contribution in [2.75, 3.05) is 49.1 Å². The molecule has 26 heavy (non-hydrogen) atoms. The number of anilines is 2. The number of hydrogen-bond acceptors (Lipinski definition) is 5. The summed E-state index contributed by atoms with van der Waals surface area (Å²) in [5, 5.41) is 0. The van der Waals surface area contributed by atoms with Crippen molar-refractivity contribution in [3.05, 3.63) is 48.2 Å².